The zero-order valence-corrected chi connectivity index (χ0v) is 19.3. The lowest BCUT2D eigenvalue weighted by Crippen LogP contribution is -2.31. The molecule has 172 valence electrons. The van der Waals surface area contributed by atoms with Crippen LogP contribution in [0.3, 0.4) is 0 Å². The SMILES string of the molecule is CCCCCCCCC=CCCCCCCCC(=O)OCCC(CC)(CO)CO. The topological polar surface area (TPSA) is 66.8 Å². The van der Waals surface area contributed by atoms with Gasteiger partial charge in [0.15, 0.2) is 0 Å². The molecule has 0 amide bonds. The summed E-state index contributed by atoms with van der Waals surface area (Å²) in [5.41, 5.74) is -0.524. The number of aliphatic hydroxyl groups is 2. The number of rotatable bonds is 21. The number of unbranched alkanes of at least 4 members (excludes halogenated alkanes) is 11. The van der Waals surface area contributed by atoms with Crippen molar-refractivity contribution in [2.45, 2.75) is 117 Å². The molecule has 0 aromatic carbocycles. The van der Waals surface area contributed by atoms with Crippen LogP contribution in [0.5, 0.6) is 0 Å². The Morgan fingerprint density at radius 2 is 1.31 bits per heavy atom. The van der Waals surface area contributed by atoms with E-state index in [1.165, 1.54) is 70.6 Å². The van der Waals surface area contributed by atoms with Crippen molar-refractivity contribution in [3.05, 3.63) is 12.2 Å². The van der Waals surface area contributed by atoms with Crippen molar-refractivity contribution < 1.29 is 19.7 Å². The second kappa shape index (κ2) is 20.4. The van der Waals surface area contributed by atoms with E-state index >= 15 is 0 Å². The highest BCUT2D eigenvalue weighted by molar-refractivity contribution is 5.69. The highest BCUT2D eigenvalue weighted by Gasteiger charge is 2.26. The van der Waals surface area contributed by atoms with E-state index in [1.54, 1.807) is 0 Å². The highest BCUT2D eigenvalue weighted by Crippen LogP contribution is 2.25. The maximum Gasteiger partial charge on any atom is 0.305 e. The first-order valence-electron chi connectivity index (χ1n) is 12.2. The van der Waals surface area contributed by atoms with Gasteiger partial charge in [-0.25, -0.2) is 0 Å². The minimum Gasteiger partial charge on any atom is -0.466 e. The first-order chi connectivity index (χ1) is 14.1. The molecule has 29 heavy (non-hydrogen) atoms. The van der Waals surface area contributed by atoms with E-state index in [0.29, 0.717) is 19.3 Å². The van der Waals surface area contributed by atoms with Crippen molar-refractivity contribution >= 4 is 5.97 Å². The van der Waals surface area contributed by atoms with Crippen LogP contribution in [0.1, 0.15) is 117 Å². The third-order valence-corrected chi connectivity index (χ3v) is 5.96. The minimum atomic E-state index is -0.524. The molecule has 0 bridgehead atoms. The molecule has 0 spiro atoms. The van der Waals surface area contributed by atoms with Gasteiger partial charge in [0.2, 0.25) is 0 Å². The normalized spacial score (nSPS) is 12.0. The molecule has 0 fully saturated rings. The molecule has 0 aliphatic carbocycles. The summed E-state index contributed by atoms with van der Waals surface area (Å²) < 4.78 is 5.25. The lowest BCUT2D eigenvalue weighted by molar-refractivity contribution is -0.145. The minimum absolute atomic E-state index is 0.0776. The molecule has 0 atom stereocenters. The Hall–Kier alpha value is -0.870. The van der Waals surface area contributed by atoms with Gasteiger partial charge in [0, 0.05) is 11.8 Å². The summed E-state index contributed by atoms with van der Waals surface area (Å²) in [6, 6.07) is 0. The molecular formula is C25H48O4. The predicted octanol–water partition coefficient (Wildman–Crippen LogP) is 6.34. The predicted molar refractivity (Wildman–Crippen MR) is 122 cm³/mol. The Kier molecular flexibility index (Phi) is 19.8. The fourth-order valence-electron chi connectivity index (χ4n) is 3.40. The van der Waals surface area contributed by atoms with E-state index in [2.05, 4.69) is 19.1 Å². The second-order valence-electron chi connectivity index (χ2n) is 8.47. The van der Waals surface area contributed by atoms with E-state index in [0.717, 1.165) is 12.8 Å². The molecule has 0 unspecified atom stereocenters. The van der Waals surface area contributed by atoms with Crippen LogP contribution in [0.4, 0.5) is 0 Å². The van der Waals surface area contributed by atoms with Gasteiger partial charge in [0.25, 0.3) is 0 Å². The quantitative estimate of drug-likeness (QED) is 0.131. The zero-order chi connectivity index (χ0) is 21.6. The highest BCUT2D eigenvalue weighted by atomic mass is 16.5. The average molecular weight is 413 g/mol. The van der Waals surface area contributed by atoms with Gasteiger partial charge >= 0.3 is 5.97 Å². The van der Waals surface area contributed by atoms with Crippen molar-refractivity contribution in [2.75, 3.05) is 19.8 Å². The molecule has 0 saturated heterocycles. The van der Waals surface area contributed by atoms with Crippen LogP contribution in [-0.2, 0) is 9.53 Å². The van der Waals surface area contributed by atoms with Crippen molar-refractivity contribution in [1.82, 2.24) is 0 Å². The molecule has 0 aromatic heterocycles. The van der Waals surface area contributed by atoms with Gasteiger partial charge in [-0.05, 0) is 44.9 Å². The summed E-state index contributed by atoms with van der Waals surface area (Å²) in [6.45, 7) is 4.31. The molecule has 2 N–H and O–H groups in total. The number of ether oxygens (including phenoxy) is 1. The molecule has 0 heterocycles. The van der Waals surface area contributed by atoms with Crippen molar-refractivity contribution in [3.63, 3.8) is 0 Å². The fourth-order valence-corrected chi connectivity index (χ4v) is 3.40. The largest absolute Gasteiger partial charge is 0.466 e. The Labute approximate surface area is 180 Å². The lowest BCUT2D eigenvalue weighted by Gasteiger charge is -2.27. The summed E-state index contributed by atoms with van der Waals surface area (Å²) >= 11 is 0. The molecule has 0 rings (SSSR count). The number of allylic oxidation sites excluding steroid dienone is 2. The van der Waals surface area contributed by atoms with Crippen LogP contribution in [0.15, 0.2) is 12.2 Å². The monoisotopic (exact) mass is 412 g/mol. The lowest BCUT2D eigenvalue weighted by atomic mass is 9.84. The Bertz CT molecular complexity index is 380. The Balaban J connectivity index is 3.43. The number of carbonyl (C=O) groups is 1. The van der Waals surface area contributed by atoms with E-state index < -0.39 is 5.41 Å². The number of hydrogen-bond acceptors (Lipinski definition) is 4. The van der Waals surface area contributed by atoms with Gasteiger partial charge in [-0.3, -0.25) is 4.79 Å². The van der Waals surface area contributed by atoms with Crippen LogP contribution in [-0.4, -0.2) is 36.0 Å². The summed E-state index contributed by atoms with van der Waals surface area (Å²) in [4.78, 5) is 11.8. The third kappa shape index (κ3) is 16.6. The first-order valence-corrected chi connectivity index (χ1v) is 12.2. The van der Waals surface area contributed by atoms with E-state index in [-0.39, 0.29) is 25.8 Å². The van der Waals surface area contributed by atoms with Gasteiger partial charge < -0.3 is 14.9 Å². The van der Waals surface area contributed by atoms with Gasteiger partial charge in [0.1, 0.15) is 0 Å². The number of hydrogen-bond donors (Lipinski definition) is 2. The van der Waals surface area contributed by atoms with E-state index in [4.69, 9.17) is 4.74 Å². The van der Waals surface area contributed by atoms with Gasteiger partial charge in [-0.15, -0.1) is 0 Å². The number of esters is 1. The first kappa shape index (κ1) is 28.1. The molecule has 4 nitrogen and oxygen atoms in total. The van der Waals surface area contributed by atoms with Crippen LogP contribution in [0.2, 0.25) is 0 Å². The van der Waals surface area contributed by atoms with Crippen LogP contribution in [0, 0.1) is 5.41 Å². The molecular weight excluding hydrogens is 364 g/mol. The number of carbonyl (C=O) groups excluding carboxylic acids is 1. The van der Waals surface area contributed by atoms with Crippen molar-refractivity contribution in [2.24, 2.45) is 5.41 Å². The third-order valence-electron chi connectivity index (χ3n) is 5.96. The molecule has 0 radical (unpaired) electrons. The summed E-state index contributed by atoms with van der Waals surface area (Å²) in [7, 11) is 0. The van der Waals surface area contributed by atoms with Gasteiger partial charge in [-0.2, -0.15) is 0 Å². The van der Waals surface area contributed by atoms with Crippen LogP contribution >= 0.6 is 0 Å². The smallest absolute Gasteiger partial charge is 0.305 e. The Morgan fingerprint density at radius 1 is 0.793 bits per heavy atom. The summed E-state index contributed by atoms with van der Waals surface area (Å²) in [6.07, 6.45) is 22.5. The van der Waals surface area contributed by atoms with E-state index in [1.807, 2.05) is 6.92 Å². The second-order valence-corrected chi connectivity index (χ2v) is 8.47. The molecule has 0 aromatic rings. The van der Waals surface area contributed by atoms with Gasteiger partial charge in [-0.1, -0.05) is 77.4 Å². The molecule has 4 heteroatoms. The maximum absolute atomic E-state index is 11.8. The van der Waals surface area contributed by atoms with Crippen molar-refractivity contribution in [3.8, 4) is 0 Å². The molecule has 0 aliphatic rings. The zero-order valence-electron chi connectivity index (χ0n) is 19.3. The average Bonchev–Trinajstić information content (AvgIpc) is 2.74. The molecule has 0 saturated carbocycles. The van der Waals surface area contributed by atoms with Crippen LogP contribution in [0.25, 0.3) is 0 Å². The standard InChI is InChI=1S/C25H48O4/c1-3-5-6-7-8-9-10-11-12-13-14-15-16-17-18-19-24(28)29-21-20-25(4-2,22-26)23-27/h11-12,26-27H,3-10,13-23H2,1-2H3. The van der Waals surface area contributed by atoms with E-state index in [9.17, 15) is 15.0 Å². The van der Waals surface area contributed by atoms with Crippen molar-refractivity contribution in [1.29, 1.82) is 0 Å². The van der Waals surface area contributed by atoms with Crippen LogP contribution < -0.4 is 0 Å². The Morgan fingerprint density at radius 3 is 1.83 bits per heavy atom. The summed E-state index contributed by atoms with van der Waals surface area (Å²) in [5, 5.41) is 18.8. The fraction of sp³-hybridized carbons (Fsp3) is 0.880. The van der Waals surface area contributed by atoms with Gasteiger partial charge in [0.05, 0.1) is 19.8 Å². The maximum atomic E-state index is 11.8. The molecule has 0 aliphatic heterocycles. The summed E-state index contributed by atoms with van der Waals surface area (Å²) in [5.74, 6) is -0.163. The number of aliphatic hydroxyl groups excluding tert-OH is 2.